The van der Waals surface area contributed by atoms with Crippen molar-refractivity contribution in [2.24, 2.45) is 23.5 Å². The van der Waals surface area contributed by atoms with Crippen molar-refractivity contribution in [1.82, 2.24) is 4.90 Å². The molecule has 2 fully saturated rings. The van der Waals surface area contributed by atoms with E-state index in [0.29, 0.717) is 17.7 Å². The Kier molecular flexibility index (Phi) is 4.85. The van der Waals surface area contributed by atoms with E-state index < -0.39 is 0 Å². The summed E-state index contributed by atoms with van der Waals surface area (Å²) in [5.74, 6) is 1.54. The number of hydrogen-bond acceptors (Lipinski definition) is 3. The zero-order chi connectivity index (χ0) is 14.0. The summed E-state index contributed by atoms with van der Waals surface area (Å²) in [5.41, 5.74) is 6.12. The number of ether oxygens (including phenoxy) is 1. The number of hydrogen-bond donors (Lipinski definition) is 1. The first-order valence-electron chi connectivity index (χ1n) is 7.60. The number of rotatable bonds is 2. The molecule has 1 aliphatic carbocycles. The van der Waals surface area contributed by atoms with Gasteiger partial charge in [0.15, 0.2) is 0 Å². The molecular formula is C15H28N2O2. The largest absolute Gasteiger partial charge is 0.379 e. The highest BCUT2D eigenvalue weighted by Gasteiger charge is 2.35. The molecule has 0 aromatic carbocycles. The van der Waals surface area contributed by atoms with E-state index in [-0.39, 0.29) is 18.1 Å². The Morgan fingerprint density at radius 1 is 1.21 bits per heavy atom. The van der Waals surface area contributed by atoms with Gasteiger partial charge in [-0.25, -0.2) is 0 Å². The van der Waals surface area contributed by atoms with Crippen LogP contribution in [0.3, 0.4) is 0 Å². The van der Waals surface area contributed by atoms with Crippen molar-refractivity contribution in [2.75, 3.05) is 20.2 Å². The summed E-state index contributed by atoms with van der Waals surface area (Å²) in [6.45, 7) is 6.02. The molecule has 2 aliphatic rings. The van der Waals surface area contributed by atoms with Gasteiger partial charge in [0.25, 0.3) is 0 Å². The molecule has 4 nitrogen and oxygen atoms in total. The molecule has 0 aromatic heterocycles. The van der Waals surface area contributed by atoms with Crippen LogP contribution in [-0.4, -0.2) is 43.2 Å². The third kappa shape index (κ3) is 3.29. The highest BCUT2D eigenvalue weighted by Crippen LogP contribution is 2.30. The number of nitrogens with two attached hydrogens (primary N) is 1. The summed E-state index contributed by atoms with van der Waals surface area (Å²) in [4.78, 5) is 14.6. The number of carbonyl (C=O) groups excluding carboxylic acids is 1. The van der Waals surface area contributed by atoms with Crippen molar-refractivity contribution in [3.8, 4) is 0 Å². The van der Waals surface area contributed by atoms with Gasteiger partial charge in [0.1, 0.15) is 0 Å². The average Bonchev–Trinajstić information content (AvgIpc) is 2.41. The Labute approximate surface area is 116 Å². The molecule has 4 heteroatoms. The molecular weight excluding hydrogens is 240 g/mol. The van der Waals surface area contributed by atoms with Gasteiger partial charge in [-0.3, -0.25) is 4.79 Å². The molecule has 1 amide bonds. The van der Waals surface area contributed by atoms with Gasteiger partial charge >= 0.3 is 0 Å². The maximum absolute atomic E-state index is 12.6. The maximum Gasteiger partial charge on any atom is 0.225 e. The van der Waals surface area contributed by atoms with Crippen molar-refractivity contribution in [1.29, 1.82) is 0 Å². The number of amides is 1. The summed E-state index contributed by atoms with van der Waals surface area (Å²) < 4.78 is 5.49. The topological polar surface area (TPSA) is 55.6 Å². The van der Waals surface area contributed by atoms with E-state index in [4.69, 9.17) is 10.5 Å². The Balaban J connectivity index is 1.93. The molecule has 1 aliphatic heterocycles. The highest BCUT2D eigenvalue weighted by atomic mass is 16.5. The molecule has 0 radical (unpaired) electrons. The highest BCUT2D eigenvalue weighted by molar-refractivity contribution is 5.79. The maximum atomic E-state index is 12.6. The van der Waals surface area contributed by atoms with Gasteiger partial charge in [-0.15, -0.1) is 0 Å². The SMILES string of the molecule is COC1CN(C(=O)C2CCC(C)C(N)C2)CCC1C. The molecule has 2 N–H and O–H groups in total. The second-order valence-electron chi connectivity index (χ2n) is 6.48. The molecule has 19 heavy (non-hydrogen) atoms. The molecule has 1 heterocycles. The van der Waals surface area contributed by atoms with E-state index >= 15 is 0 Å². The zero-order valence-electron chi connectivity index (χ0n) is 12.5. The summed E-state index contributed by atoms with van der Waals surface area (Å²) >= 11 is 0. The van der Waals surface area contributed by atoms with E-state index in [2.05, 4.69) is 13.8 Å². The van der Waals surface area contributed by atoms with Crippen LogP contribution in [0.1, 0.15) is 39.5 Å². The molecule has 1 saturated heterocycles. The van der Waals surface area contributed by atoms with Crippen molar-refractivity contribution in [3.05, 3.63) is 0 Å². The molecule has 2 rings (SSSR count). The van der Waals surface area contributed by atoms with Crippen LogP contribution < -0.4 is 5.73 Å². The fourth-order valence-corrected chi connectivity index (χ4v) is 3.38. The van der Waals surface area contributed by atoms with Crippen molar-refractivity contribution >= 4 is 5.91 Å². The molecule has 110 valence electrons. The third-order valence-corrected chi connectivity index (χ3v) is 5.11. The first kappa shape index (κ1) is 14.8. The number of carbonyl (C=O) groups is 1. The summed E-state index contributed by atoms with van der Waals surface area (Å²) in [7, 11) is 1.74. The summed E-state index contributed by atoms with van der Waals surface area (Å²) in [6, 6.07) is 0.185. The fourth-order valence-electron chi connectivity index (χ4n) is 3.38. The molecule has 5 unspecified atom stereocenters. The smallest absolute Gasteiger partial charge is 0.225 e. The Morgan fingerprint density at radius 3 is 2.58 bits per heavy atom. The van der Waals surface area contributed by atoms with E-state index in [0.717, 1.165) is 38.8 Å². The lowest BCUT2D eigenvalue weighted by Gasteiger charge is -2.40. The fraction of sp³-hybridized carbons (Fsp3) is 0.933. The van der Waals surface area contributed by atoms with Crippen molar-refractivity contribution in [2.45, 2.75) is 51.7 Å². The van der Waals surface area contributed by atoms with Crippen LogP contribution in [0.2, 0.25) is 0 Å². The van der Waals surface area contributed by atoms with Crippen LogP contribution in [0.25, 0.3) is 0 Å². The minimum atomic E-state index is 0.136. The quantitative estimate of drug-likeness (QED) is 0.828. The molecule has 0 aromatic rings. The Hall–Kier alpha value is -0.610. The monoisotopic (exact) mass is 268 g/mol. The normalized spacial score (nSPS) is 40.2. The second kappa shape index (κ2) is 6.23. The van der Waals surface area contributed by atoms with Crippen LogP contribution in [0.15, 0.2) is 0 Å². The lowest BCUT2D eigenvalue weighted by atomic mass is 9.78. The Bertz CT molecular complexity index is 321. The van der Waals surface area contributed by atoms with Crippen LogP contribution in [0.5, 0.6) is 0 Å². The predicted octanol–water partition coefficient (Wildman–Crippen LogP) is 1.63. The van der Waals surface area contributed by atoms with E-state index in [1.165, 1.54) is 0 Å². The van der Waals surface area contributed by atoms with Gasteiger partial charge in [0, 0.05) is 32.2 Å². The number of likely N-dealkylation sites (tertiary alicyclic amines) is 1. The lowest BCUT2D eigenvalue weighted by molar-refractivity contribution is -0.142. The number of methoxy groups -OCH3 is 1. The third-order valence-electron chi connectivity index (χ3n) is 5.11. The van der Waals surface area contributed by atoms with Gasteiger partial charge in [-0.2, -0.15) is 0 Å². The van der Waals surface area contributed by atoms with Crippen LogP contribution in [-0.2, 0) is 9.53 Å². The van der Waals surface area contributed by atoms with Crippen molar-refractivity contribution < 1.29 is 9.53 Å². The molecule has 0 bridgehead atoms. The minimum absolute atomic E-state index is 0.136. The second-order valence-corrected chi connectivity index (χ2v) is 6.48. The first-order valence-corrected chi connectivity index (χ1v) is 7.60. The standard InChI is InChI=1S/C15H28N2O2/c1-10-4-5-12(8-13(10)16)15(18)17-7-6-11(2)14(9-17)19-3/h10-14H,4-9,16H2,1-3H3. The zero-order valence-corrected chi connectivity index (χ0v) is 12.5. The van der Waals surface area contributed by atoms with Gasteiger partial charge in [-0.1, -0.05) is 13.8 Å². The average molecular weight is 268 g/mol. The Morgan fingerprint density at radius 2 is 1.95 bits per heavy atom. The number of nitrogens with zero attached hydrogens (tertiary/aromatic N) is 1. The predicted molar refractivity (Wildman–Crippen MR) is 75.6 cm³/mol. The lowest BCUT2D eigenvalue weighted by Crippen LogP contribution is -2.50. The summed E-state index contributed by atoms with van der Waals surface area (Å²) in [6.07, 6.45) is 4.16. The number of piperidine rings is 1. The van der Waals surface area contributed by atoms with Crippen molar-refractivity contribution in [3.63, 3.8) is 0 Å². The van der Waals surface area contributed by atoms with E-state index in [9.17, 15) is 4.79 Å². The van der Waals surface area contributed by atoms with Crippen LogP contribution in [0.4, 0.5) is 0 Å². The van der Waals surface area contributed by atoms with Gasteiger partial charge in [-0.05, 0) is 37.5 Å². The van der Waals surface area contributed by atoms with Gasteiger partial charge in [0.05, 0.1) is 6.10 Å². The summed E-state index contributed by atoms with van der Waals surface area (Å²) in [5, 5.41) is 0. The molecule has 5 atom stereocenters. The van der Waals surface area contributed by atoms with E-state index in [1.807, 2.05) is 4.90 Å². The van der Waals surface area contributed by atoms with Crippen LogP contribution in [0, 0.1) is 17.8 Å². The first-order chi connectivity index (χ1) is 9.02. The van der Waals surface area contributed by atoms with Gasteiger partial charge in [0.2, 0.25) is 5.91 Å². The van der Waals surface area contributed by atoms with E-state index in [1.54, 1.807) is 7.11 Å². The van der Waals surface area contributed by atoms with Crippen LogP contribution >= 0.6 is 0 Å². The minimum Gasteiger partial charge on any atom is -0.379 e. The molecule has 1 saturated carbocycles. The van der Waals surface area contributed by atoms with Gasteiger partial charge < -0.3 is 15.4 Å². The molecule has 0 spiro atoms.